The minimum atomic E-state index is -0.0979. The van der Waals surface area contributed by atoms with Crippen LogP contribution in [-0.4, -0.2) is 31.4 Å². The second-order valence-corrected chi connectivity index (χ2v) is 6.60. The van der Waals surface area contributed by atoms with Gasteiger partial charge in [0.1, 0.15) is 18.1 Å². The van der Waals surface area contributed by atoms with Crippen LogP contribution in [0.15, 0.2) is 53.4 Å². The number of hydrogen-bond donors (Lipinski definition) is 1. The van der Waals surface area contributed by atoms with Crippen LogP contribution in [0.4, 0.5) is 0 Å². The molecule has 1 amide bonds. The molecule has 0 spiro atoms. The zero-order valence-corrected chi connectivity index (χ0v) is 15.1. The first kappa shape index (κ1) is 18.2. The highest BCUT2D eigenvalue weighted by molar-refractivity contribution is 7.99. The van der Waals surface area contributed by atoms with Gasteiger partial charge in [0.25, 0.3) is 5.91 Å². The van der Waals surface area contributed by atoms with E-state index >= 15 is 0 Å². The van der Waals surface area contributed by atoms with Crippen LogP contribution in [0.1, 0.15) is 24.2 Å². The summed E-state index contributed by atoms with van der Waals surface area (Å²) in [6.07, 6.45) is 0. The monoisotopic (exact) mass is 345 g/mol. The largest absolute Gasteiger partial charge is 0.497 e. The molecular formula is C19H23NO3S. The summed E-state index contributed by atoms with van der Waals surface area (Å²) >= 11 is 1.67. The van der Waals surface area contributed by atoms with Gasteiger partial charge < -0.3 is 14.8 Å². The van der Waals surface area contributed by atoms with Gasteiger partial charge in [0.2, 0.25) is 0 Å². The van der Waals surface area contributed by atoms with Gasteiger partial charge in [-0.05, 0) is 49.1 Å². The number of nitrogens with one attached hydrogen (secondary N) is 1. The number of hydrogen-bond acceptors (Lipinski definition) is 4. The van der Waals surface area contributed by atoms with Crippen LogP contribution in [0.3, 0.4) is 0 Å². The van der Waals surface area contributed by atoms with E-state index in [1.54, 1.807) is 18.9 Å². The maximum atomic E-state index is 12.4. The Morgan fingerprint density at radius 3 is 2.46 bits per heavy atom. The molecule has 0 heterocycles. The fourth-order valence-electron chi connectivity index (χ4n) is 2.17. The molecule has 0 bridgehead atoms. The average molecular weight is 345 g/mol. The summed E-state index contributed by atoms with van der Waals surface area (Å²) < 4.78 is 10.8. The molecule has 5 heteroatoms. The molecule has 2 rings (SSSR count). The predicted octanol–water partition coefficient (Wildman–Crippen LogP) is 4.00. The summed E-state index contributed by atoms with van der Waals surface area (Å²) in [5, 5.41) is 2.99. The van der Waals surface area contributed by atoms with E-state index in [9.17, 15) is 4.79 Å². The Kier molecular flexibility index (Phi) is 7.00. The molecule has 0 aromatic heterocycles. The Labute approximate surface area is 147 Å². The van der Waals surface area contributed by atoms with Crippen molar-refractivity contribution in [3.63, 3.8) is 0 Å². The molecule has 1 N–H and O–H groups in total. The number of benzene rings is 2. The quantitative estimate of drug-likeness (QED) is 0.735. The minimum absolute atomic E-state index is 0.0719. The molecule has 1 atom stereocenters. The zero-order chi connectivity index (χ0) is 17.4. The molecule has 2 aromatic carbocycles. The van der Waals surface area contributed by atoms with Gasteiger partial charge in [0.15, 0.2) is 0 Å². The maximum absolute atomic E-state index is 12.4. The lowest BCUT2D eigenvalue weighted by atomic mass is 10.2. The SMILES string of the molecule is CCSc1ccccc1C(=O)NC(C)COc1ccc(OC)cc1. The molecule has 0 saturated heterocycles. The molecule has 24 heavy (non-hydrogen) atoms. The van der Waals surface area contributed by atoms with Crippen LogP contribution in [0, 0.1) is 0 Å². The number of ether oxygens (including phenoxy) is 2. The van der Waals surface area contributed by atoms with Gasteiger partial charge >= 0.3 is 0 Å². The highest BCUT2D eigenvalue weighted by Crippen LogP contribution is 2.22. The van der Waals surface area contributed by atoms with Crippen LogP contribution in [0.25, 0.3) is 0 Å². The van der Waals surface area contributed by atoms with E-state index in [1.165, 1.54) is 0 Å². The van der Waals surface area contributed by atoms with E-state index in [0.29, 0.717) is 12.2 Å². The van der Waals surface area contributed by atoms with Gasteiger partial charge in [-0.3, -0.25) is 4.79 Å². The topological polar surface area (TPSA) is 47.6 Å². The first-order valence-corrected chi connectivity index (χ1v) is 8.92. The van der Waals surface area contributed by atoms with Crippen molar-refractivity contribution in [2.75, 3.05) is 19.5 Å². The molecule has 2 aromatic rings. The number of carbonyl (C=O) groups is 1. The Morgan fingerprint density at radius 2 is 1.79 bits per heavy atom. The van der Waals surface area contributed by atoms with Gasteiger partial charge in [0.05, 0.1) is 18.7 Å². The lowest BCUT2D eigenvalue weighted by molar-refractivity contribution is 0.0923. The van der Waals surface area contributed by atoms with Gasteiger partial charge in [-0.15, -0.1) is 11.8 Å². The molecule has 1 unspecified atom stereocenters. The summed E-state index contributed by atoms with van der Waals surface area (Å²) in [5.41, 5.74) is 0.709. The van der Waals surface area contributed by atoms with Crippen molar-refractivity contribution in [1.29, 1.82) is 0 Å². The summed E-state index contributed by atoms with van der Waals surface area (Å²) in [5.74, 6) is 2.39. The van der Waals surface area contributed by atoms with Crippen molar-refractivity contribution < 1.29 is 14.3 Å². The van der Waals surface area contributed by atoms with E-state index in [1.807, 2.05) is 55.5 Å². The third-order valence-electron chi connectivity index (χ3n) is 3.37. The fourth-order valence-corrected chi connectivity index (χ4v) is 2.97. The number of rotatable bonds is 8. The first-order chi connectivity index (χ1) is 11.6. The van der Waals surface area contributed by atoms with Crippen molar-refractivity contribution in [3.05, 3.63) is 54.1 Å². The van der Waals surface area contributed by atoms with Crippen LogP contribution in [0.2, 0.25) is 0 Å². The summed E-state index contributed by atoms with van der Waals surface area (Å²) in [7, 11) is 1.63. The van der Waals surface area contributed by atoms with Crippen molar-refractivity contribution >= 4 is 17.7 Å². The molecule has 0 aliphatic rings. The van der Waals surface area contributed by atoms with Crippen LogP contribution in [0.5, 0.6) is 11.5 Å². The lowest BCUT2D eigenvalue weighted by Gasteiger charge is -2.16. The zero-order valence-electron chi connectivity index (χ0n) is 14.2. The van der Waals surface area contributed by atoms with Crippen molar-refractivity contribution in [2.24, 2.45) is 0 Å². The molecular weight excluding hydrogens is 322 g/mol. The number of thioether (sulfide) groups is 1. The van der Waals surface area contributed by atoms with E-state index in [2.05, 4.69) is 12.2 Å². The van der Waals surface area contributed by atoms with E-state index in [4.69, 9.17) is 9.47 Å². The Bertz CT molecular complexity index is 658. The van der Waals surface area contributed by atoms with Crippen LogP contribution >= 0.6 is 11.8 Å². The summed E-state index contributed by atoms with van der Waals surface area (Å²) in [6.45, 7) is 4.41. The highest BCUT2D eigenvalue weighted by Gasteiger charge is 2.14. The normalized spacial score (nSPS) is 11.6. The fraction of sp³-hybridized carbons (Fsp3) is 0.316. The standard InChI is InChI=1S/C19H23NO3S/c1-4-24-18-8-6-5-7-17(18)19(21)20-14(2)13-23-16-11-9-15(22-3)10-12-16/h5-12,14H,4,13H2,1-3H3,(H,20,21). The summed E-state index contributed by atoms with van der Waals surface area (Å²) in [4.78, 5) is 13.4. The molecule has 4 nitrogen and oxygen atoms in total. The van der Waals surface area contributed by atoms with Crippen molar-refractivity contribution in [2.45, 2.75) is 24.8 Å². The molecule has 0 saturated carbocycles. The second kappa shape index (κ2) is 9.23. The predicted molar refractivity (Wildman–Crippen MR) is 98.3 cm³/mol. The first-order valence-electron chi connectivity index (χ1n) is 7.93. The number of amides is 1. The number of carbonyl (C=O) groups excluding carboxylic acids is 1. The highest BCUT2D eigenvalue weighted by atomic mass is 32.2. The second-order valence-electron chi connectivity index (χ2n) is 5.29. The van der Waals surface area contributed by atoms with Gasteiger partial charge in [-0.1, -0.05) is 19.1 Å². The molecule has 0 aliphatic heterocycles. The Balaban J connectivity index is 1.89. The van der Waals surface area contributed by atoms with Crippen LogP contribution < -0.4 is 14.8 Å². The molecule has 0 radical (unpaired) electrons. The maximum Gasteiger partial charge on any atom is 0.252 e. The van der Waals surface area contributed by atoms with Crippen molar-refractivity contribution in [1.82, 2.24) is 5.32 Å². The minimum Gasteiger partial charge on any atom is -0.497 e. The third-order valence-corrected chi connectivity index (χ3v) is 4.32. The molecule has 0 aliphatic carbocycles. The Morgan fingerprint density at radius 1 is 1.12 bits per heavy atom. The smallest absolute Gasteiger partial charge is 0.252 e. The lowest BCUT2D eigenvalue weighted by Crippen LogP contribution is -2.37. The van der Waals surface area contributed by atoms with E-state index in [0.717, 1.165) is 22.1 Å². The van der Waals surface area contributed by atoms with Crippen LogP contribution in [-0.2, 0) is 0 Å². The molecule has 0 fully saturated rings. The van der Waals surface area contributed by atoms with Gasteiger partial charge in [-0.2, -0.15) is 0 Å². The number of methoxy groups -OCH3 is 1. The third kappa shape index (κ3) is 5.20. The van der Waals surface area contributed by atoms with E-state index in [-0.39, 0.29) is 11.9 Å². The molecule has 128 valence electrons. The Hall–Kier alpha value is -2.14. The summed E-state index contributed by atoms with van der Waals surface area (Å²) in [6, 6.07) is 14.9. The van der Waals surface area contributed by atoms with Gasteiger partial charge in [-0.25, -0.2) is 0 Å². The van der Waals surface area contributed by atoms with E-state index < -0.39 is 0 Å². The average Bonchev–Trinajstić information content (AvgIpc) is 2.61. The van der Waals surface area contributed by atoms with Crippen molar-refractivity contribution in [3.8, 4) is 11.5 Å². The van der Waals surface area contributed by atoms with Gasteiger partial charge in [0, 0.05) is 4.90 Å².